The van der Waals surface area contributed by atoms with E-state index in [1.807, 2.05) is 0 Å². The number of rotatable bonds is 3. The summed E-state index contributed by atoms with van der Waals surface area (Å²) in [6, 6.07) is 7.66. The third kappa shape index (κ3) is 3.63. The predicted octanol–water partition coefficient (Wildman–Crippen LogP) is 6.33. The van der Waals surface area contributed by atoms with Crippen LogP contribution in [-0.4, -0.2) is 0 Å². The Labute approximate surface area is 132 Å². The summed E-state index contributed by atoms with van der Waals surface area (Å²) >= 11 is 16.0. The molecular weight excluding hydrogens is 377 g/mol. The minimum Gasteiger partial charge on any atom is -0.207 e. The molecule has 0 atom stereocenters. The van der Waals surface area contributed by atoms with Crippen LogP contribution in [0.4, 0.5) is 8.78 Å². The molecule has 0 amide bonds. The first-order valence-corrected chi connectivity index (χ1v) is 7.72. The second kappa shape index (κ2) is 6.44. The summed E-state index contributed by atoms with van der Waals surface area (Å²) < 4.78 is 27.6. The first-order chi connectivity index (χ1) is 8.99. The molecule has 0 aromatic heterocycles. The van der Waals surface area contributed by atoms with E-state index in [1.165, 1.54) is 23.9 Å². The summed E-state index contributed by atoms with van der Waals surface area (Å²) in [4.78, 5) is 0.799. The van der Waals surface area contributed by atoms with Crippen molar-refractivity contribution >= 4 is 50.9 Å². The second-order valence-electron chi connectivity index (χ2n) is 3.69. The third-order valence-electron chi connectivity index (χ3n) is 2.41. The van der Waals surface area contributed by atoms with Crippen LogP contribution < -0.4 is 0 Å². The first kappa shape index (κ1) is 15.1. The van der Waals surface area contributed by atoms with Gasteiger partial charge in [0.2, 0.25) is 0 Å². The van der Waals surface area contributed by atoms with Crippen LogP contribution in [0.1, 0.15) is 5.56 Å². The molecule has 0 heterocycles. The number of halogens is 5. The van der Waals surface area contributed by atoms with Gasteiger partial charge in [-0.25, -0.2) is 8.78 Å². The second-order valence-corrected chi connectivity index (χ2v) is 6.40. The van der Waals surface area contributed by atoms with E-state index >= 15 is 0 Å². The topological polar surface area (TPSA) is 0 Å². The van der Waals surface area contributed by atoms with Crippen LogP contribution in [0.5, 0.6) is 0 Å². The van der Waals surface area contributed by atoms with Crippen molar-refractivity contribution in [2.45, 2.75) is 10.6 Å². The Morgan fingerprint density at radius 1 is 1.05 bits per heavy atom. The van der Waals surface area contributed by atoms with Gasteiger partial charge in [-0.15, -0.1) is 11.8 Å². The first-order valence-electron chi connectivity index (χ1n) is 5.19. The van der Waals surface area contributed by atoms with E-state index in [2.05, 4.69) is 15.9 Å². The molecular formula is C13H7BrCl2F2S. The molecule has 0 aliphatic carbocycles. The molecule has 0 aliphatic rings. The van der Waals surface area contributed by atoms with E-state index in [-0.39, 0.29) is 15.8 Å². The summed E-state index contributed by atoms with van der Waals surface area (Å²) in [5, 5.41) is 0.868. The van der Waals surface area contributed by atoms with Crippen LogP contribution in [0.3, 0.4) is 0 Å². The van der Waals surface area contributed by atoms with E-state index in [0.29, 0.717) is 10.0 Å². The van der Waals surface area contributed by atoms with Crippen LogP contribution in [0.25, 0.3) is 0 Å². The lowest BCUT2D eigenvalue weighted by Gasteiger charge is -2.07. The Kier molecular flexibility index (Phi) is 5.12. The van der Waals surface area contributed by atoms with E-state index in [1.54, 1.807) is 18.2 Å². The van der Waals surface area contributed by atoms with Gasteiger partial charge in [0.05, 0.1) is 14.5 Å². The van der Waals surface area contributed by atoms with E-state index in [9.17, 15) is 8.78 Å². The van der Waals surface area contributed by atoms with Gasteiger partial charge in [0.25, 0.3) is 0 Å². The van der Waals surface area contributed by atoms with Crippen LogP contribution in [0.15, 0.2) is 39.7 Å². The fourth-order valence-electron chi connectivity index (χ4n) is 1.42. The minimum atomic E-state index is -0.576. The molecule has 0 unspecified atom stereocenters. The molecule has 100 valence electrons. The van der Waals surface area contributed by atoms with Gasteiger partial charge in [-0.05, 0) is 46.3 Å². The van der Waals surface area contributed by atoms with Crippen molar-refractivity contribution < 1.29 is 8.78 Å². The normalized spacial score (nSPS) is 10.8. The number of hydrogen-bond acceptors (Lipinski definition) is 1. The predicted molar refractivity (Wildman–Crippen MR) is 80.1 cm³/mol. The highest BCUT2D eigenvalue weighted by atomic mass is 79.9. The van der Waals surface area contributed by atoms with Gasteiger partial charge in [0.15, 0.2) is 0 Å². The Morgan fingerprint density at radius 2 is 1.79 bits per heavy atom. The van der Waals surface area contributed by atoms with Gasteiger partial charge in [0.1, 0.15) is 11.6 Å². The summed E-state index contributed by atoms with van der Waals surface area (Å²) in [5.41, 5.74) is 0.0328. The maximum Gasteiger partial charge on any atom is 0.144 e. The zero-order chi connectivity index (χ0) is 14.0. The van der Waals surface area contributed by atoms with Crippen LogP contribution >= 0.6 is 50.9 Å². The fourth-order valence-corrected chi connectivity index (χ4v) is 3.10. The maximum atomic E-state index is 13.8. The summed E-state index contributed by atoms with van der Waals surface area (Å²) in [5.74, 6) is -0.962. The highest BCUT2D eigenvalue weighted by molar-refractivity contribution is 9.10. The summed E-state index contributed by atoms with van der Waals surface area (Å²) in [6.07, 6.45) is 0. The highest BCUT2D eigenvalue weighted by Crippen LogP contribution is 2.32. The zero-order valence-corrected chi connectivity index (χ0v) is 13.3. The average molecular weight is 384 g/mol. The molecule has 0 saturated heterocycles. The van der Waals surface area contributed by atoms with Gasteiger partial charge < -0.3 is 0 Å². The highest BCUT2D eigenvalue weighted by Gasteiger charge is 2.12. The molecule has 2 aromatic carbocycles. The summed E-state index contributed by atoms with van der Waals surface area (Å²) in [7, 11) is 0. The van der Waals surface area contributed by atoms with Crippen molar-refractivity contribution in [2.75, 3.05) is 0 Å². The van der Waals surface area contributed by atoms with Gasteiger partial charge in [-0.1, -0.05) is 23.2 Å². The number of thioether (sulfide) groups is 1. The van der Waals surface area contributed by atoms with E-state index in [0.717, 1.165) is 4.90 Å². The van der Waals surface area contributed by atoms with E-state index < -0.39 is 11.6 Å². The van der Waals surface area contributed by atoms with Crippen molar-refractivity contribution in [3.63, 3.8) is 0 Å². The Bertz CT molecular complexity index is 620. The van der Waals surface area contributed by atoms with Crippen LogP contribution in [0.2, 0.25) is 10.0 Å². The molecule has 0 N–H and O–H groups in total. The molecule has 0 radical (unpaired) electrons. The van der Waals surface area contributed by atoms with Gasteiger partial charge >= 0.3 is 0 Å². The Morgan fingerprint density at radius 3 is 2.47 bits per heavy atom. The average Bonchev–Trinajstić information content (AvgIpc) is 2.38. The molecule has 19 heavy (non-hydrogen) atoms. The van der Waals surface area contributed by atoms with Crippen molar-refractivity contribution in [3.05, 3.63) is 62.0 Å². The molecule has 0 aliphatic heterocycles. The van der Waals surface area contributed by atoms with Crippen LogP contribution in [0, 0.1) is 11.6 Å². The van der Waals surface area contributed by atoms with Crippen molar-refractivity contribution in [3.8, 4) is 0 Å². The smallest absolute Gasteiger partial charge is 0.144 e. The molecule has 2 rings (SSSR count). The van der Waals surface area contributed by atoms with Gasteiger partial charge in [-0.2, -0.15) is 0 Å². The molecule has 6 heteroatoms. The lowest BCUT2D eigenvalue weighted by molar-refractivity contribution is 0.562. The molecule has 0 spiro atoms. The lowest BCUT2D eigenvalue weighted by atomic mass is 10.2. The number of benzene rings is 2. The van der Waals surface area contributed by atoms with Crippen molar-refractivity contribution in [1.82, 2.24) is 0 Å². The lowest BCUT2D eigenvalue weighted by Crippen LogP contribution is -1.94. The largest absolute Gasteiger partial charge is 0.207 e. The van der Waals surface area contributed by atoms with Crippen molar-refractivity contribution in [2.24, 2.45) is 0 Å². The summed E-state index contributed by atoms with van der Waals surface area (Å²) in [6.45, 7) is 0. The van der Waals surface area contributed by atoms with E-state index in [4.69, 9.17) is 23.2 Å². The minimum absolute atomic E-state index is 0.0328. The molecule has 0 bridgehead atoms. The van der Waals surface area contributed by atoms with Gasteiger partial charge in [0, 0.05) is 16.2 Å². The Hall–Kier alpha value is -0.290. The molecule has 0 nitrogen and oxygen atoms in total. The SMILES string of the molecule is Fc1ccc(Br)c(F)c1CSc1ccc(Cl)c(Cl)c1. The van der Waals surface area contributed by atoms with Crippen LogP contribution in [-0.2, 0) is 5.75 Å². The standard InChI is InChI=1S/C13H7BrCl2F2S/c14-9-2-4-12(17)8(13(9)18)6-19-7-1-3-10(15)11(16)5-7/h1-5H,6H2. The molecule has 0 fully saturated rings. The zero-order valence-electron chi connectivity index (χ0n) is 9.39. The van der Waals surface area contributed by atoms with Crippen molar-refractivity contribution in [1.29, 1.82) is 0 Å². The molecule has 0 saturated carbocycles. The maximum absolute atomic E-state index is 13.8. The van der Waals surface area contributed by atoms with Gasteiger partial charge in [-0.3, -0.25) is 0 Å². The quantitative estimate of drug-likeness (QED) is 0.441. The molecule has 2 aromatic rings. The Balaban J connectivity index is 2.19. The third-order valence-corrected chi connectivity index (χ3v) is 4.78. The number of hydrogen-bond donors (Lipinski definition) is 0. The monoisotopic (exact) mass is 382 g/mol. The fraction of sp³-hybridized carbons (Fsp3) is 0.0769.